The minimum Gasteiger partial charge on any atom is -0.464 e. The second kappa shape index (κ2) is 7.24. The Morgan fingerprint density at radius 2 is 2.00 bits per heavy atom. The van der Waals surface area contributed by atoms with Gasteiger partial charge in [0, 0.05) is 11.3 Å². The van der Waals surface area contributed by atoms with Crippen molar-refractivity contribution in [3.63, 3.8) is 0 Å². The first-order valence-electron chi connectivity index (χ1n) is 6.50. The molecule has 0 spiro atoms. The lowest BCUT2D eigenvalue weighted by Crippen LogP contribution is -2.39. The minimum absolute atomic E-state index is 0.155. The lowest BCUT2D eigenvalue weighted by Gasteiger charge is -2.13. The molecular formula is C14H19ClN2O3. The van der Waals surface area contributed by atoms with Crippen LogP contribution in [0.3, 0.4) is 0 Å². The number of esters is 1. The molecule has 1 atom stereocenters. The van der Waals surface area contributed by atoms with Crippen LogP contribution in [0.5, 0.6) is 0 Å². The number of pyridine rings is 1. The van der Waals surface area contributed by atoms with Crippen molar-refractivity contribution < 1.29 is 14.3 Å². The number of carbonyl (C=O) groups is 2. The van der Waals surface area contributed by atoms with Crippen LogP contribution in [0.25, 0.3) is 0 Å². The van der Waals surface area contributed by atoms with E-state index in [-0.39, 0.29) is 23.6 Å². The molecule has 0 saturated carbocycles. The number of hydrogen-bond donors (Lipinski definition) is 1. The molecule has 0 aliphatic heterocycles. The Morgan fingerprint density at radius 1 is 1.35 bits per heavy atom. The van der Waals surface area contributed by atoms with E-state index in [0.29, 0.717) is 5.56 Å². The Bertz CT molecular complexity index is 503. The Hall–Kier alpha value is -1.62. The summed E-state index contributed by atoms with van der Waals surface area (Å²) in [4.78, 5) is 27.7. The van der Waals surface area contributed by atoms with Gasteiger partial charge in [0.25, 0.3) is 5.91 Å². The van der Waals surface area contributed by atoms with Crippen molar-refractivity contribution in [3.8, 4) is 0 Å². The van der Waals surface area contributed by atoms with Gasteiger partial charge in [0.05, 0.1) is 6.61 Å². The summed E-state index contributed by atoms with van der Waals surface area (Å²) >= 11 is 5.90. The summed E-state index contributed by atoms with van der Waals surface area (Å²) in [6.45, 7) is 7.48. The van der Waals surface area contributed by atoms with Crippen molar-refractivity contribution >= 4 is 23.5 Å². The van der Waals surface area contributed by atoms with Gasteiger partial charge < -0.3 is 10.1 Å². The Morgan fingerprint density at radius 3 is 2.55 bits per heavy atom. The van der Waals surface area contributed by atoms with Gasteiger partial charge in [-0.15, -0.1) is 0 Å². The Labute approximate surface area is 123 Å². The molecule has 0 aliphatic rings. The fraction of sp³-hybridized carbons (Fsp3) is 0.500. The van der Waals surface area contributed by atoms with Crippen LogP contribution in [0.2, 0.25) is 5.15 Å². The maximum absolute atomic E-state index is 12.1. The quantitative estimate of drug-likeness (QED) is 0.670. The van der Waals surface area contributed by atoms with Gasteiger partial charge >= 0.3 is 5.97 Å². The molecule has 0 saturated heterocycles. The van der Waals surface area contributed by atoms with E-state index >= 15 is 0 Å². The molecule has 1 N–H and O–H groups in total. The lowest BCUT2D eigenvalue weighted by atomic mass is 10.1. The molecule has 20 heavy (non-hydrogen) atoms. The van der Waals surface area contributed by atoms with Crippen molar-refractivity contribution in [1.29, 1.82) is 0 Å². The van der Waals surface area contributed by atoms with E-state index in [4.69, 9.17) is 16.3 Å². The lowest BCUT2D eigenvalue weighted by molar-refractivity contribution is -0.144. The average Bonchev–Trinajstić information content (AvgIpc) is 2.37. The predicted molar refractivity (Wildman–Crippen MR) is 76.9 cm³/mol. The molecule has 1 aromatic rings. The van der Waals surface area contributed by atoms with E-state index in [1.165, 1.54) is 6.07 Å². The predicted octanol–water partition coefficient (Wildman–Crippen LogP) is 2.54. The molecule has 6 heteroatoms. The van der Waals surface area contributed by atoms with Crippen molar-refractivity contribution in [2.45, 2.75) is 39.7 Å². The maximum atomic E-state index is 12.1. The Balaban J connectivity index is 2.84. The highest BCUT2D eigenvalue weighted by atomic mass is 35.5. The standard InChI is InChI=1S/C14H19ClN2O3/c1-5-20-14(19)9(4)16-13(18)10-6-11(8(2)3)17-12(15)7-10/h6-9H,5H2,1-4H3,(H,16,18). The van der Waals surface area contributed by atoms with Crippen LogP contribution < -0.4 is 5.32 Å². The van der Waals surface area contributed by atoms with Gasteiger partial charge in [-0.25, -0.2) is 9.78 Å². The molecule has 1 unspecified atom stereocenters. The summed E-state index contributed by atoms with van der Waals surface area (Å²) in [6, 6.07) is 2.43. The van der Waals surface area contributed by atoms with Gasteiger partial charge in [-0.1, -0.05) is 25.4 Å². The average molecular weight is 299 g/mol. The van der Waals surface area contributed by atoms with Gasteiger partial charge in [-0.3, -0.25) is 4.79 Å². The number of carbonyl (C=O) groups excluding carboxylic acids is 2. The molecule has 0 bridgehead atoms. The van der Waals surface area contributed by atoms with Crippen LogP contribution in [-0.4, -0.2) is 29.5 Å². The highest BCUT2D eigenvalue weighted by Gasteiger charge is 2.18. The molecule has 0 radical (unpaired) electrons. The van der Waals surface area contributed by atoms with Crippen LogP contribution in [0.4, 0.5) is 0 Å². The number of hydrogen-bond acceptors (Lipinski definition) is 4. The second-order valence-electron chi connectivity index (χ2n) is 4.71. The van der Waals surface area contributed by atoms with Crippen LogP contribution in [0.1, 0.15) is 49.7 Å². The van der Waals surface area contributed by atoms with Crippen LogP contribution >= 0.6 is 11.6 Å². The number of rotatable bonds is 5. The van der Waals surface area contributed by atoms with Crippen molar-refractivity contribution in [3.05, 3.63) is 28.5 Å². The topological polar surface area (TPSA) is 68.3 Å². The maximum Gasteiger partial charge on any atom is 0.328 e. The molecule has 0 aliphatic carbocycles. The van der Waals surface area contributed by atoms with Gasteiger partial charge in [-0.2, -0.15) is 0 Å². The fourth-order valence-electron chi connectivity index (χ4n) is 1.55. The van der Waals surface area contributed by atoms with Crippen molar-refractivity contribution in [2.24, 2.45) is 0 Å². The van der Waals surface area contributed by atoms with E-state index in [0.717, 1.165) is 5.69 Å². The van der Waals surface area contributed by atoms with Crippen molar-refractivity contribution in [2.75, 3.05) is 6.61 Å². The number of halogens is 1. The number of ether oxygens (including phenoxy) is 1. The third-order valence-electron chi connectivity index (χ3n) is 2.66. The van der Waals surface area contributed by atoms with Crippen LogP contribution in [0, 0.1) is 0 Å². The highest BCUT2D eigenvalue weighted by Crippen LogP contribution is 2.17. The van der Waals surface area contributed by atoms with Gasteiger partial charge in [-0.05, 0) is 31.9 Å². The number of nitrogens with zero attached hydrogens (tertiary/aromatic N) is 1. The van der Waals surface area contributed by atoms with E-state index in [1.54, 1.807) is 19.9 Å². The largest absolute Gasteiger partial charge is 0.464 e. The van der Waals surface area contributed by atoms with E-state index in [9.17, 15) is 9.59 Å². The summed E-state index contributed by atoms with van der Waals surface area (Å²) in [6.07, 6.45) is 0. The molecule has 110 valence electrons. The first-order chi connectivity index (χ1) is 9.35. The molecular weight excluding hydrogens is 280 g/mol. The van der Waals surface area contributed by atoms with E-state index < -0.39 is 12.0 Å². The number of amides is 1. The van der Waals surface area contributed by atoms with Crippen LogP contribution in [-0.2, 0) is 9.53 Å². The van der Waals surface area contributed by atoms with Gasteiger partial charge in [0.2, 0.25) is 0 Å². The van der Waals surface area contributed by atoms with E-state index in [2.05, 4.69) is 10.3 Å². The van der Waals surface area contributed by atoms with E-state index in [1.807, 2.05) is 13.8 Å². The van der Waals surface area contributed by atoms with Crippen LogP contribution in [0.15, 0.2) is 12.1 Å². The summed E-state index contributed by atoms with van der Waals surface area (Å²) in [5.41, 5.74) is 1.11. The zero-order valence-corrected chi connectivity index (χ0v) is 12.8. The summed E-state index contributed by atoms with van der Waals surface area (Å²) < 4.78 is 4.83. The molecule has 1 rings (SSSR count). The number of aromatic nitrogens is 1. The third kappa shape index (κ3) is 4.49. The highest BCUT2D eigenvalue weighted by molar-refractivity contribution is 6.29. The molecule has 1 aromatic heterocycles. The fourth-order valence-corrected chi connectivity index (χ4v) is 1.77. The second-order valence-corrected chi connectivity index (χ2v) is 5.09. The van der Waals surface area contributed by atoms with Gasteiger partial charge in [0.1, 0.15) is 11.2 Å². The zero-order chi connectivity index (χ0) is 15.3. The minimum atomic E-state index is -0.711. The molecule has 0 aromatic carbocycles. The SMILES string of the molecule is CCOC(=O)C(C)NC(=O)c1cc(Cl)nc(C(C)C)c1. The third-order valence-corrected chi connectivity index (χ3v) is 2.85. The number of nitrogens with one attached hydrogen (secondary N) is 1. The zero-order valence-electron chi connectivity index (χ0n) is 12.1. The van der Waals surface area contributed by atoms with Gasteiger partial charge in [0.15, 0.2) is 0 Å². The summed E-state index contributed by atoms with van der Waals surface area (Å²) in [5, 5.41) is 2.83. The van der Waals surface area contributed by atoms with Crippen molar-refractivity contribution in [1.82, 2.24) is 10.3 Å². The first kappa shape index (κ1) is 16.4. The monoisotopic (exact) mass is 298 g/mol. The summed E-state index contributed by atoms with van der Waals surface area (Å²) in [7, 11) is 0. The Kier molecular flexibility index (Phi) is 5.95. The normalized spacial score (nSPS) is 12.1. The first-order valence-corrected chi connectivity index (χ1v) is 6.88. The molecule has 1 heterocycles. The molecule has 0 fully saturated rings. The molecule has 1 amide bonds. The smallest absolute Gasteiger partial charge is 0.328 e. The summed E-state index contributed by atoms with van der Waals surface area (Å²) in [5.74, 6) is -0.690. The molecule has 5 nitrogen and oxygen atoms in total.